The lowest BCUT2D eigenvalue weighted by atomic mass is 10.2. The van der Waals surface area contributed by atoms with Crippen LogP contribution in [-0.4, -0.2) is 12.1 Å². The summed E-state index contributed by atoms with van der Waals surface area (Å²) in [7, 11) is 1.51. The van der Waals surface area contributed by atoms with Gasteiger partial charge in [-0.05, 0) is 25.1 Å². The Morgan fingerprint density at radius 2 is 2.25 bits per heavy atom. The molecule has 0 aromatic carbocycles. The van der Waals surface area contributed by atoms with Crippen LogP contribution in [0.2, 0.25) is 0 Å². The smallest absolute Gasteiger partial charge is 0.154 e. The second kappa shape index (κ2) is 4.07. The van der Waals surface area contributed by atoms with Crippen molar-refractivity contribution in [1.82, 2.24) is 4.98 Å². The molecule has 0 radical (unpaired) electrons. The van der Waals surface area contributed by atoms with Crippen LogP contribution in [-0.2, 0) is 0 Å². The Bertz CT molecular complexity index is 552. The van der Waals surface area contributed by atoms with Gasteiger partial charge in [0, 0.05) is 0 Å². The molecule has 4 heteroatoms. The topological polar surface area (TPSA) is 59.1 Å². The van der Waals surface area contributed by atoms with E-state index < -0.39 is 0 Å². The molecule has 0 spiro atoms. The molecule has 0 unspecified atom stereocenters. The summed E-state index contributed by atoms with van der Waals surface area (Å²) in [5.74, 6) is 1.93. The quantitative estimate of drug-likeness (QED) is 0.770. The third-order valence-electron chi connectivity index (χ3n) is 2.20. The van der Waals surface area contributed by atoms with E-state index in [9.17, 15) is 0 Å². The Morgan fingerprint density at radius 1 is 1.44 bits per heavy atom. The van der Waals surface area contributed by atoms with Crippen molar-refractivity contribution < 1.29 is 9.15 Å². The number of furan rings is 1. The predicted octanol–water partition coefficient (Wildman–Crippen LogP) is 2.53. The first-order valence-corrected chi connectivity index (χ1v) is 4.75. The van der Waals surface area contributed by atoms with Gasteiger partial charge in [-0.2, -0.15) is 5.26 Å². The first-order valence-electron chi connectivity index (χ1n) is 4.75. The summed E-state index contributed by atoms with van der Waals surface area (Å²) in [6, 6.07) is 7.39. The summed E-state index contributed by atoms with van der Waals surface area (Å²) in [5.41, 5.74) is 1.08. The van der Waals surface area contributed by atoms with Crippen LogP contribution in [0.1, 0.15) is 11.3 Å². The second-order valence-corrected chi connectivity index (χ2v) is 3.29. The first kappa shape index (κ1) is 10.2. The molecule has 0 aliphatic heterocycles. The van der Waals surface area contributed by atoms with Crippen molar-refractivity contribution in [2.45, 2.75) is 6.92 Å². The van der Waals surface area contributed by atoms with Crippen LogP contribution < -0.4 is 4.74 Å². The fraction of sp³-hybridized carbons (Fsp3) is 0.167. The molecule has 2 heterocycles. The molecule has 0 N–H and O–H groups in total. The molecule has 80 valence electrons. The number of pyridine rings is 1. The zero-order chi connectivity index (χ0) is 11.5. The zero-order valence-electron chi connectivity index (χ0n) is 9.02. The van der Waals surface area contributed by atoms with Crippen LogP contribution >= 0.6 is 0 Å². The number of ether oxygens (including phenoxy) is 1. The van der Waals surface area contributed by atoms with Gasteiger partial charge in [-0.25, -0.2) is 4.98 Å². The molecule has 2 rings (SSSR count). The highest BCUT2D eigenvalue weighted by atomic mass is 16.5. The van der Waals surface area contributed by atoms with E-state index in [1.165, 1.54) is 13.3 Å². The van der Waals surface area contributed by atoms with Crippen molar-refractivity contribution in [2.75, 3.05) is 7.11 Å². The summed E-state index contributed by atoms with van der Waals surface area (Å²) >= 11 is 0. The van der Waals surface area contributed by atoms with Gasteiger partial charge in [-0.1, -0.05) is 0 Å². The highest BCUT2D eigenvalue weighted by Gasteiger charge is 2.09. The zero-order valence-corrected chi connectivity index (χ0v) is 9.02. The summed E-state index contributed by atoms with van der Waals surface area (Å²) < 4.78 is 10.4. The lowest BCUT2D eigenvalue weighted by Crippen LogP contribution is -1.91. The maximum absolute atomic E-state index is 8.94. The van der Waals surface area contributed by atoms with Crippen molar-refractivity contribution in [3.05, 3.63) is 35.7 Å². The Labute approximate surface area is 93.1 Å². The Hall–Kier alpha value is -2.28. The highest BCUT2D eigenvalue weighted by molar-refractivity contribution is 5.57. The second-order valence-electron chi connectivity index (χ2n) is 3.29. The molecule has 0 aliphatic rings. The molecule has 2 aromatic rings. The van der Waals surface area contributed by atoms with Crippen molar-refractivity contribution >= 4 is 0 Å². The number of methoxy groups -OCH3 is 1. The van der Waals surface area contributed by atoms with Gasteiger partial charge in [-0.3, -0.25) is 0 Å². The summed E-state index contributed by atoms with van der Waals surface area (Å²) in [6.45, 7) is 1.86. The number of nitriles is 1. The van der Waals surface area contributed by atoms with E-state index in [4.69, 9.17) is 14.4 Å². The van der Waals surface area contributed by atoms with Crippen LogP contribution in [0.5, 0.6) is 5.75 Å². The van der Waals surface area contributed by atoms with Crippen LogP contribution in [0, 0.1) is 18.3 Å². The molecular weight excluding hydrogens is 204 g/mol. The molecule has 0 bridgehead atoms. The van der Waals surface area contributed by atoms with Gasteiger partial charge >= 0.3 is 0 Å². The third-order valence-corrected chi connectivity index (χ3v) is 2.20. The van der Waals surface area contributed by atoms with Crippen molar-refractivity contribution in [1.29, 1.82) is 5.26 Å². The van der Waals surface area contributed by atoms with E-state index in [1.54, 1.807) is 6.07 Å². The van der Waals surface area contributed by atoms with Gasteiger partial charge < -0.3 is 9.15 Å². The van der Waals surface area contributed by atoms with E-state index in [2.05, 4.69) is 11.1 Å². The fourth-order valence-corrected chi connectivity index (χ4v) is 1.40. The largest absolute Gasteiger partial charge is 0.494 e. The molecule has 2 aromatic heterocycles. The van der Waals surface area contributed by atoms with Gasteiger partial charge in [0.05, 0.1) is 18.9 Å². The van der Waals surface area contributed by atoms with Crippen LogP contribution in [0.3, 0.4) is 0 Å². The van der Waals surface area contributed by atoms with Crippen molar-refractivity contribution in [3.63, 3.8) is 0 Å². The molecule has 0 atom stereocenters. The molecule has 4 nitrogen and oxygen atoms in total. The minimum Gasteiger partial charge on any atom is -0.494 e. The molecule has 0 amide bonds. The summed E-state index contributed by atoms with van der Waals surface area (Å²) in [4.78, 5) is 4.17. The van der Waals surface area contributed by atoms with E-state index in [1.807, 2.05) is 19.1 Å². The monoisotopic (exact) mass is 214 g/mol. The van der Waals surface area contributed by atoms with Crippen molar-refractivity contribution in [3.8, 4) is 23.3 Å². The van der Waals surface area contributed by atoms with Gasteiger partial charge in [0.2, 0.25) is 0 Å². The normalized spacial score (nSPS) is 9.81. The third kappa shape index (κ3) is 1.75. The van der Waals surface area contributed by atoms with Gasteiger partial charge in [0.25, 0.3) is 0 Å². The SMILES string of the molecule is COc1cnc(-c2ccc(C)o2)cc1C#N. The minimum absolute atomic E-state index is 0.446. The number of rotatable bonds is 2. The van der Waals surface area contributed by atoms with Gasteiger partial charge in [0.1, 0.15) is 17.5 Å². The lowest BCUT2D eigenvalue weighted by Gasteiger charge is -2.02. The summed E-state index contributed by atoms with van der Waals surface area (Å²) in [5, 5.41) is 8.94. The molecule has 0 fully saturated rings. The van der Waals surface area contributed by atoms with E-state index in [0.29, 0.717) is 22.8 Å². The number of hydrogen-bond acceptors (Lipinski definition) is 4. The highest BCUT2D eigenvalue weighted by Crippen LogP contribution is 2.24. The van der Waals surface area contributed by atoms with Crippen LogP contribution in [0.25, 0.3) is 11.5 Å². The van der Waals surface area contributed by atoms with Gasteiger partial charge in [0.15, 0.2) is 11.5 Å². The molecular formula is C12H10N2O2. The maximum Gasteiger partial charge on any atom is 0.154 e. The Morgan fingerprint density at radius 3 is 2.81 bits per heavy atom. The van der Waals surface area contributed by atoms with E-state index >= 15 is 0 Å². The van der Waals surface area contributed by atoms with E-state index in [0.717, 1.165) is 5.76 Å². The number of nitrogens with zero attached hydrogens (tertiary/aromatic N) is 2. The molecule has 0 saturated carbocycles. The Balaban J connectivity index is 2.48. The predicted molar refractivity (Wildman–Crippen MR) is 57.9 cm³/mol. The average Bonchev–Trinajstić information content (AvgIpc) is 2.75. The fourth-order valence-electron chi connectivity index (χ4n) is 1.40. The molecule has 16 heavy (non-hydrogen) atoms. The minimum atomic E-state index is 0.446. The number of aromatic nitrogens is 1. The first-order chi connectivity index (χ1) is 7.74. The van der Waals surface area contributed by atoms with Gasteiger partial charge in [-0.15, -0.1) is 0 Å². The number of aryl methyl sites for hydroxylation is 1. The van der Waals surface area contributed by atoms with E-state index in [-0.39, 0.29) is 0 Å². The summed E-state index contributed by atoms with van der Waals surface area (Å²) in [6.07, 6.45) is 1.52. The van der Waals surface area contributed by atoms with Crippen molar-refractivity contribution in [2.24, 2.45) is 0 Å². The molecule has 0 saturated heterocycles. The standard InChI is InChI=1S/C12H10N2O2/c1-8-3-4-11(16-8)10-5-9(6-13)12(15-2)7-14-10/h3-5,7H,1-2H3. The lowest BCUT2D eigenvalue weighted by molar-refractivity contribution is 0.411. The maximum atomic E-state index is 8.94. The van der Waals surface area contributed by atoms with Crippen LogP contribution in [0.4, 0.5) is 0 Å². The average molecular weight is 214 g/mol. The van der Waals surface area contributed by atoms with Crippen LogP contribution in [0.15, 0.2) is 28.8 Å². The molecule has 0 aliphatic carbocycles. The number of hydrogen-bond donors (Lipinski definition) is 0. The Kier molecular flexibility index (Phi) is 2.61.